The van der Waals surface area contributed by atoms with Crippen LogP contribution in [0.1, 0.15) is 34.6 Å². The predicted octanol–water partition coefficient (Wildman–Crippen LogP) is 3.53. The van der Waals surface area contributed by atoms with E-state index in [1.165, 1.54) is 26.0 Å². The van der Waals surface area contributed by atoms with Crippen LogP contribution in [0.15, 0.2) is 30.3 Å². The molecule has 0 aliphatic carbocycles. The molecule has 0 aliphatic rings. The van der Waals surface area contributed by atoms with Crippen LogP contribution < -0.4 is 15.4 Å². The van der Waals surface area contributed by atoms with E-state index in [0.717, 1.165) is 0 Å². The van der Waals surface area contributed by atoms with Crippen LogP contribution in [-0.2, 0) is 9.53 Å². The average Bonchev–Trinajstić information content (AvgIpc) is 2.56. The van der Waals surface area contributed by atoms with E-state index in [1.54, 1.807) is 39.0 Å². The highest BCUT2D eigenvalue weighted by molar-refractivity contribution is 5.93. The van der Waals surface area contributed by atoms with Crippen LogP contribution in [0.3, 0.4) is 0 Å². The number of carbonyl (C=O) groups is 3. The number of ether oxygens (including phenoxy) is 2. The number of hydrogen-bond donors (Lipinski definition) is 2. The minimum Gasteiger partial charge on any atom is -0.444 e. The highest BCUT2D eigenvalue weighted by Crippen LogP contribution is 2.20. The number of hydrogen-bond acceptors (Lipinski definition) is 5. The van der Waals surface area contributed by atoms with E-state index in [4.69, 9.17) is 9.47 Å². The number of para-hydroxylation sites is 1. The van der Waals surface area contributed by atoms with Crippen molar-refractivity contribution in [1.82, 2.24) is 10.6 Å². The maximum atomic E-state index is 14.3. The van der Waals surface area contributed by atoms with Crippen molar-refractivity contribution in [2.24, 2.45) is 5.92 Å². The molecule has 0 radical (unpaired) electrons. The van der Waals surface area contributed by atoms with Gasteiger partial charge in [0.1, 0.15) is 11.4 Å². The summed E-state index contributed by atoms with van der Waals surface area (Å²) < 4.78 is 38.4. The van der Waals surface area contributed by atoms with Gasteiger partial charge in [-0.25, -0.2) is 9.59 Å². The maximum absolute atomic E-state index is 14.3. The molecule has 0 unspecified atom stereocenters. The van der Waals surface area contributed by atoms with Gasteiger partial charge in [-0.3, -0.25) is 4.79 Å². The van der Waals surface area contributed by atoms with Crippen molar-refractivity contribution in [3.05, 3.63) is 30.3 Å². The zero-order chi connectivity index (χ0) is 21.5. The lowest BCUT2D eigenvalue weighted by Gasteiger charge is -2.26. The van der Waals surface area contributed by atoms with E-state index >= 15 is 0 Å². The number of alkyl carbamates (subject to hydrolysis) is 1. The van der Waals surface area contributed by atoms with Gasteiger partial charge in [-0.05, 0) is 38.8 Å². The number of alkyl halides is 2. The number of benzene rings is 1. The molecule has 28 heavy (non-hydrogen) atoms. The molecule has 7 nitrogen and oxygen atoms in total. The Hall–Kier alpha value is -2.71. The largest absolute Gasteiger partial charge is 0.444 e. The van der Waals surface area contributed by atoms with Crippen LogP contribution >= 0.6 is 0 Å². The number of amides is 2. The van der Waals surface area contributed by atoms with Crippen molar-refractivity contribution >= 4 is 18.0 Å². The summed E-state index contributed by atoms with van der Waals surface area (Å²) in [7, 11) is 0. The topological polar surface area (TPSA) is 93.7 Å². The third-order valence-electron chi connectivity index (χ3n) is 3.39. The van der Waals surface area contributed by atoms with E-state index in [0.29, 0.717) is 0 Å². The van der Waals surface area contributed by atoms with Gasteiger partial charge < -0.3 is 20.1 Å². The standard InChI is InChI=1S/C19H26F2N2O5/c1-12(2)14(23-17(26)27-13-9-7-6-8-10-13)15(24)19(20,21)11-22-16(25)28-18(3,4)5/h6-10,12,14H,11H2,1-5H3,(H,22,25)(H,23,26)/t14-/m0/s1. The van der Waals surface area contributed by atoms with Crippen molar-refractivity contribution < 1.29 is 32.6 Å². The molecule has 1 rings (SSSR count). The first kappa shape index (κ1) is 23.3. The van der Waals surface area contributed by atoms with Gasteiger partial charge in [0.15, 0.2) is 0 Å². The SMILES string of the molecule is CC(C)[C@H](NC(=O)Oc1ccccc1)C(=O)C(F)(F)CNC(=O)OC(C)(C)C. The average molecular weight is 400 g/mol. The summed E-state index contributed by atoms with van der Waals surface area (Å²) in [5, 5.41) is 4.03. The second-order valence-corrected chi connectivity index (χ2v) is 7.49. The lowest BCUT2D eigenvalue weighted by atomic mass is 9.96. The van der Waals surface area contributed by atoms with Crippen molar-refractivity contribution in [2.45, 2.75) is 52.2 Å². The predicted molar refractivity (Wildman–Crippen MR) is 98.4 cm³/mol. The molecule has 0 heterocycles. The molecular formula is C19H26F2N2O5. The first-order valence-electron chi connectivity index (χ1n) is 8.74. The van der Waals surface area contributed by atoms with Gasteiger partial charge in [0.25, 0.3) is 0 Å². The number of carbonyl (C=O) groups excluding carboxylic acids is 3. The Morgan fingerprint density at radius 1 is 1.04 bits per heavy atom. The van der Waals surface area contributed by atoms with Crippen LogP contribution in [0, 0.1) is 5.92 Å². The molecule has 0 bridgehead atoms. The van der Waals surface area contributed by atoms with Crippen molar-refractivity contribution in [3.63, 3.8) is 0 Å². The zero-order valence-corrected chi connectivity index (χ0v) is 16.5. The summed E-state index contributed by atoms with van der Waals surface area (Å²) in [5.74, 6) is -5.88. The fourth-order valence-electron chi connectivity index (χ4n) is 2.10. The van der Waals surface area contributed by atoms with Gasteiger partial charge in [0.2, 0.25) is 5.78 Å². The van der Waals surface area contributed by atoms with Gasteiger partial charge in [-0.15, -0.1) is 0 Å². The molecule has 0 saturated carbocycles. The minimum absolute atomic E-state index is 0.202. The molecule has 2 amide bonds. The molecule has 0 aromatic heterocycles. The summed E-state index contributed by atoms with van der Waals surface area (Å²) >= 11 is 0. The Kier molecular flexibility index (Phi) is 7.89. The van der Waals surface area contributed by atoms with E-state index < -0.39 is 48.0 Å². The molecule has 0 saturated heterocycles. The Balaban J connectivity index is 2.73. The van der Waals surface area contributed by atoms with Crippen LogP contribution in [0.5, 0.6) is 5.75 Å². The normalized spacial score (nSPS) is 12.9. The Bertz CT molecular complexity index is 687. The van der Waals surface area contributed by atoms with Gasteiger partial charge >= 0.3 is 18.1 Å². The molecule has 156 valence electrons. The van der Waals surface area contributed by atoms with Crippen molar-refractivity contribution in [2.75, 3.05) is 6.54 Å². The molecule has 2 N–H and O–H groups in total. The van der Waals surface area contributed by atoms with E-state index in [9.17, 15) is 23.2 Å². The maximum Gasteiger partial charge on any atom is 0.413 e. The lowest BCUT2D eigenvalue weighted by molar-refractivity contribution is -0.145. The van der Waals surface area contributed by atoms with Gasteiger partial charge in [-0.1, -0.05) is 32.0 Å². The van der Waals surface area contributed by atoms with Crippen LogP contribution in [0.2, 0.25) is 0 Å². The van der Waals surface area contributed by atoms with Crippen molar-refractivity contribution in [3.8, 4) is 5.75 Å². The second-order valence-electron chi connectivity index (χ2n) is 7.49. The van der Waals surface area contributed by atoms with Crippen molar-refractivity contribution in [1.29, 1.82) is 0 Å². The van der Waals surface area contributed by atoms with Gasteiger partial charge in [-0.2, -0.15) is 8.78 Å². The summed E-state index contributed by atoms with van der Waals surface area (Å²) in [6.45, 7) is 6.48. The fourth-order valence-corrected chi connectivity index (χ4v) is 2.10. The number of Topliss-reactive ketones (excluding diaryl/α,β-unsaturated/α-hetero) is 1. The Morgan fingerprint density at radius 3 is 2.11 bits per heavy atom. The molecule has 9 heteroatoms. The zero-order valence-electron chi connectivity index (χ0n) is 16.5. The van der Waals surface area contributed by atoms with Crippen LogP contribution in [0.4, 0.5) is 18.4 Å². The molecule has 1 aromatic rings. The van der Waals surface area contributed by atoms with Gasteiger partial charge in [0, 0.05) is 0 Å². The highest BCUT2D eigenvalue weighted by atomic mass is 19.3. The fraction of sp³-hybridized carbons (Fsp3) is 0.526. The Labute approximate surface area is 162 Å². The number of ketones is 1. The summed E-state index contributed by atoms with van der Waals surface area (Å²) in [5.41, 5.74) is -0.868. The summed E-state index contributed by atoms with van der Waals surface area (Å²) in [6, 6.07) is 6.47. The van der Waals surface area contributed by atoms with Gasteiger partial charge in [0.05, 0.1) is 12.6 Å². The van der Waals surface area contributed by atoms with Crippen LogP contribution in [-0.4, -0.2) is 42.1 Å². The third kappa shape index (κ3) is 7.89. The number of halogens is 2. The molecule has 1 atom stereocenters. The molecule has 0 aliphatic heterocycles. The smallest absolute Gasteiger partial charge is 0.413 e. The van der Waals surface area contributed by atoms with E-state index in [2.05, 4.69) is 5.32 Å². The third-order valence-corrected chi connectivity index (χ3v) is 3.39. The van der Waals surface area contributed by atoms with E-state index in [1.807, 2.05) is 5.32 Å². The number of nitrogens with one attached hydrogen (secondary N) is 2. The first-order chi connectivity index (χ1) is 12.8. The lowest BCUT2D eigenvalue weighted by Crippen LogP contribution is -2.55. The number of rotatable bonds is 7. The molecule has 0 spiro atoms. The summed E-state index contributed by atoms with van der Waals surface area (Å²) in [6.07, 6.45) is -2.10. The van der Waals surface area contributed by atoms with Crippen LogP contribution in [0.25, 0.3) is 0 Å². The minimum atomic E-state index is -3.91. The quantitative estimate of drug-likeness (QED) is 0.730. The molecule has 1 aromatic carbocycles. The molecule has 0 fully saturated rings. The van der Waals surface area contributed by atoms with E-state index in [-0.39, 0.29) is 5.75 Å². The highest BCUT2D eigenvalue weighted by Gasteiger charge is 2.45. The summed E-state index contributed by atoms with van der Waals surface area (Å²) in [4.78, 5) is 35.8. The first-order valence-corrected chi connectivity index (χ1v) is 8.74. The Morgan fingerprint density at radius 2 is 1.61 bits per heavy atom. The second kappa shape index (κ2) is 9.48. The monoisotopic (exact) mass is 400 g/mol. The molecular weight excluding hydrogens is 374 g/mol.